The van der Waals surface area contributed by atoms with E-state index in [2.05, 4.69) is 38.7 Å². The molecule has 0 saturated carbocycles. The van der Waals surface area contributed by atoms with E-state index in [4.69, 9.17) is 4.74 Å². The zero-order valence-electron chi connectivity index (χ0n) is 16.9. The molecule has 2 aliphatic rings. The van der Waals surface area contributed by atoms with Crippen LogP contribution in [0.5, 0.6) is 5.75 Å². The Kier molecular flexibility index (Phi) is 9.30. The standard InChI is InChI=1S/C20H31N5O2.HI/c1-16(26)25-12-10-24(11-13-25)9-8-23-20(21-2)22-7-5-17-3-4-19-18(15-17)6-14-27-19;/h3-4,15H,5-14H2,1-2H3,(H2,21,22,23);1H. The molecule has 2 aliphatic heterocycles. The second kappa shape index (κ2) is 11.5. The molecule has 1 saturated heterocycles. The fourth-order valence-electron chi connectivity index (χ4n) is 3.56. The molecule has 7 nitrogen and oxygen atoms in total. The number of nitrogens with one attached hydrogen (secondary N) is 2. The van der Waals surface area contributed by atoms with Crippen LogP contribution in [0.1, 0.15) is 18.1 Å². The molecule has 2 heterocycles. The lowest BCUT2D eigenvalue weighted by atomic mass is 10.1. The number of hydrogen-bond acceptors (Lipinski definition) is 4. The number of aliphatic imine (C=N–C) groups is 1. The van der Waals surface area contributed by atoms with Crippen molar-refractivity contribution >= 4 is 35.8 Å². The monoisotopic (exact) mass is 501 g/mol. The summed E-state index contributed by atoms with van der Waals surface area (Å²) in [6.07, 6.45) is 1.97. The third-order valence-electron chi connectivity index (χ3n) is 5.22. The van der Waals surface area contributed by atoms with Crippen molar-refractivity contribution in [1.29, 1.82) is 0 Å². The quantitative estimate of drug-likeness (QED) is 0.348. The van der Waals surface area contributed by atoms with Crippen molar-refractivity contribution < 1.29 is 9.53 Å². The number of carbonyl (C=O) groups is 1. The number of rotatable bonds is 6. The first-order chi connectivity index (χ1) is 13.2. The van der Waals surface area contributed by atoms with E-state index in [1.807, 2.05) is 4.90 Å². The normalized spacial score (nSPS) is 16.8. The van der Waals surface area contributed by atoms with Crippen LogP contribution < -0.4 is 15.4 Å². The third-order valence-corrected chi connectivity index (χ3v) is 5.22. The molecule has 0 aromatic heterocycles. The highest BCUT2D eigenvalue weighted by atomic mass is 127. The number of halogens is 1. The van der Waals surface area contributed by atoms with Crippen LogP contribution in [0.15, 0.2) is 23.2 Å². The molecule has 0 radical (unpaired) electrons. The van der Waals surface area contributed by atoms with Crippen molar-refractivity contribution in [2.24, 2.45) is 4.99 Å². The Balaban J connectivity index is 0.00000280. The fraction of sp³-hybridized carbons (Fsp3) is 0.600. The number of ether oxygens (including phenoxy) is 1. The fourth-order valence-corrected chi connectivity index (χ4v) is 3.56. The highest BCUT2D eigenvalue weighted by Gasteiger charge is 2.18. The maximum absolute atomic E-state index is 11.4. The van der Waals surface area contributed by atoms with Gasteiger partial charge in [-0.15, -0.1) is 24.0 Å². The summed E-state index contributed by atoms with van der Waals surface area (Å²) in [6.45, 7) is 8.62. The molecule has 1 fully saturated rings. The van der Waals surface area contributed by atoms with Gasteiger partial charge in [-0.2, -0.15) is 0 Å². The summed E-state index contributed by atoms with van der Waals surface area (Å²) < 4.78 is 5.56. The molecule has 1 amide bonds. The molecule has 0 atom stereocenters. The first kappa shape index (κ1) is 22.7. The minimum atomic E-state index is 0. The van der Waals surface area contributed by atoms with E-state index in [-0.39, 0.29) is 29.9 Å². The first-order valence-corrected chi connectivity index (χ1v) is 9.82. The van der Waals surface area contributed by atoms with Gasteiger partial charge in [0.1, 0.15) is 5.75 Å². The summed E-state index contributed by atoms with van der Waals surface area (Å²) >= 11 is 0. The zero-order chi connectivity index (χ0) is 19.1. The summed E-state index contributed by atoms with van der Waals surface area (Å²) in [5.41, 5.74) is 2.64. The molecule has 3 rings (SSSR count). The molecule has 8 heteroatoms. The largest absolute Gasteiger partial charge is 0.493 e. The molecule has 2 N–H and O–H groups in total. The number of hydrogen-bond donors (Lipinski definition) is 2. The summed E-state index contributed by atoms with van der Waals surface area (Å²) in [5, 5.41) is 6.76. The topological polar surface area (TPSA) is 69.2 Å². The molecule has 1 aromatic carbocycles. The van der Waals surface area contributed by atoms with E-state index in [9.17, 15) is 4.79 Å². The Morgan fingerprint density at radius 3 is 2.64 bits per heavy atom. The summed E-state index contributed by atoms with van der Waals surface area (Å²) in [5.74, 6) is 2.04. The Morgan fingerprint density at radius 2 is 1.93 bits per heavy atom. The van der Waals surface area contributed by atoms with Crippen molar-refractivity contribution in [3.05, 3.63) is 29.3 Å². The van der Waals surface area contributed by atoms with Crippen molar-refractivity contribution in [2.45, 2.75) is 19.8 Å². The van der Waals surface area contributed by atoms with E-state index in [1.54, 1.807) is 14.0 Å². The highest BCUT2D eigenvalue weighted by Crippen LogP contribution is 2.25. The number of fused-ring (bicyclic) bond motifs is 1. The highest BCUT2D eigenvalue weighted by molar-refractivity contribution is 14.0. The average molecular weight is 501 g/mol. The van der Waals surface area contributed by atoms with E-state index in [0.29, 0.717) is 0 Å². The van der Waals surface area contributed by atoms with Crippen LogP contribution in [0.3, 0.4) is 0 Å². The molecule has 0 bridgehead atoms. The van der Waals surface area contributed by atoms with Crippen LogP contribution in [0.4, 0.5) is 0 Å². The number of nitrogens with zero attached hydrogens (tertiary/aromatic N) is 3. The van der Waals surface area contributed by atoms with Gasteiger partial charge in [0.2, 0.25) is 5.91 Å². The van der Waals surface area contributed by atoms with Crippen LogP contribution in [0.2, 0.25) is 0 Å². The Bertz CT molecular complexity index is 675. The van der Waals surface area contributed by atoms with Gasteiger partial charge in [0, 0.05) is 66.2 Å². The van der Waals surface area contributed by atoms with Gasteiger partial charge in [0.25, 0.3) is 0 Å². The van der Waals surface area contributed by atoms with E-state index in [1.165, 1.54) is 11.1 Å². The third kappa shape index (κ3) is 6.51. The van der Waals surface area contributed by atoms with Crippen LogP contribution in [-0.4, -0.2) is 81.1 Å². The number of carbonyl (C=O) groups excluding carboxylic acids is 1. The molecule has 0 unspecified atom stereocenters. The minimum absolute atomic E-state index is 0. The molecule has 1 aromatic rings. The van der Waals surface area contributed by atoms with E-state index >= 15 is 0 Å². The Hall–Kier alpha value is -1.55. The van der Waals surface area contributed by atoms with Crippen molar-refractivity contribution in [1.82, 2.24) is 20.4 Å². The maximum atomic E-state index is 11.4. The molecule has 156 valence electrons. The van der Waals surface area contributed by atoms with Crippen LogP contribution in [0.25, 0.3) is 0 Å². The number of guanidine groups is 1. The van der Waals surface area contributed by atoms with Crippen LogP contribution >= 0.6 is 24.0 Å². The summed E-state index contributed by atoms with van der Waals surface area (Å²) in [4.78, 5) is 20.0. The summed E-state index contributed by atoms with van der Waals surface area (Å²) in [7, 11) is 1.80. The van der Waals surface area contributed by atoms with E-state index in [0.717, 1.165) is 77.0 Å². The lowest BCUT2D eigenvalue weighted by molar-refractivity contribution is -0.130. The van der Waals surface area contributed by atoms with Gasteiger partial charge in [-0.05, 0) is 23.6 Å². The van der Waals surface area contributed by atoms with E-state index < -0.39 is 0 Å². The van der Waals surface area contributed by atoms with Gasteiger partial charge in [-0.25, -0.2) is 0 Å². The lowest BCUT2D eigenvalue weighted by Crippen LogP contribution is -2.50. The number of amides is 1. The predicted molar refractivity (Wildman–Crippen MR) is 123 cm³/mol. The SMILES string of the molecule is CN=C(NCCc1ccc2c(c1)CCO2)NCCN1CCN(C(C)=O)CC1.I. The van der Waals surface area contributed by atoms with Gasteiger partial charge in [-0.1, -0.05) is 12.1 Å². The van der Waals surface area contributed by atoms with Crippen LogP contribution in [0, 0.1) is 0 Å². The Labute approximate surface area is 184 Å². The molecule has 28 heavy (non-hydrogen) atoms. The second-order valence-corrected chi connectivity index (χ2v) is 7.06. The van der Waals surface area contributed by atoms with Crippen molar-refractivity contribution in [3.8, 4) is 5.75 Å². The smallest absolute Gasteiger partial charge is 0.219 e. The average Bonchev–Trinajstić information content (AvgIpc) is 3.15. The molecule has 0 aliphatic carbocycles. The number of piperazine rings is 1. The second-order valence-electron chi connectivity index (χ2n) is 7.06. The van der Waals surface area contributed by atoms with Gasteiger partial charge in [-0.3, -0.25) is 14.7 Å². The zero-order valence-corrected chi connectivity index (χ0v) is 19.2. The summed E-state index contributed by atoms with van der Waals surface area (Å²) in [6, 6.07) is 6.47. The number of benzene rings is 1. The molecular formula is C20H32IN5O2. The van der Waals surface area contributed by atoms with Crippen molar-refractivity contribution in [2.75, 3.05) is 59.5 Å². The van der Waals surface area contributed by atoms with Gasteiger partial charge in [0.05, 0.1) is 6.61 Å². The van der Waals surface area contributed by atoms with Crippen LogP contribution in [-0.2, 0) is 17.6 Å². The predicted octanol–water partition coefficient (Wildman–Crippen LogP) is 1.11. The van der Waals surface area contributed by atoms with Crippen molar-refractivity contribution in [3.63, 3.8) is 0 Å². The Morgan fingerprint density at radius 1 is 1.18 bits per heavy atom. The van der Waals surface area contributed by atoms with Gasteiger partial charge in [0.15, 0.2) is 5.96 Å². The molecule has 0 spiro atoms. The minimum Gasteiger partial charge on any atom is -0.493 e. The maximum Gasteiger partial charge on any atom is 0.219 e. The molecular weight excluding hydrogens is 469 g/mol. The lowest BCUT2D eigenvalue weighted by Gasteiger charge is -2.34. The van der Waals surface area contributed by atoms with Gasteiger partial charge >= 0.3 is 0 Å². The van der Waals surface area contributed by atoms with Gasteiger partial charge < -0.3 is 20.3 Å². The first-order valence-electron chi connectivity index (χ1n) is 9.82.